The van der Waals surface area contributed by atoms with Crippen molar-refractivity contribution in [2.75, 3.05) is 0 Å². The number of halogens is 1. The molecule has 1 saturated carbocycles. The first-order valence-electron chi connectivity index (χ1n) is 5.57. The van der Waals surface area contributed by atoms with Crippen LogP contribution in [0.5, 0.6) is 5.75 Å². The van der Waals surface area contributed by atoms with Crippen LogP contribution >= 0.6 is 11.6 Å². The summed E-state index contributed by atoms with van der Waals surface area (Å²) in [6, 6.07) is 7.23. The summed E-state index contributed by atoms with van der Waals surface area (Å²) in [6.07, 6.45) is 3.81. The molecule has 3 heteroatoms. The molecule has 2 rings (SSSR count). The summed E-state index contributed by atoms with van der Waals surface area (Å²) in [5.41, 5.74) is 0.567. The van der Waals surface area contributed by atoms with Gasteiger partial charge in [-0.15, -0.1) is 0 Å². The van der Waals surface area contributed by atoms with Crippen molar-refractivity contribution in [2.45, 2.75) is 32.3 Å². The summed E-state index contributed by atoms with van der Waals surface area (Å²) in [6.45, 7) is 2.20. The Morgan fingerprint density at radius 3 is 2.81 bits per heavy atom. The van der Waals surface area contributed by atoms with Crippen molar-refractivity contribution in [1.82, 2.24) is 0 Å². The molecule has 1 fully saturated rings. The van der Waals surface area contributed by atoms with Gasteiger partial charge in [-0.25, -0.2) is 0 Å². The van der Waals surface area contributed by atoms with E-state index in [0.717, 1.165) is 6.42 Å². The smallest absolute Gasteiger partial charge is 0.138 e. The number of nitriles is 1. The molecule has 2 nitrogen and oxygen atoms in total. The molecule has 0 amide bonds. The van der Waals surface area contributed by atoms with Crippen LogP contribution in [0.3, 0.4) is 0 Å². The van der Waals surface area contributed by atoms with Gasteiger partial charge in [0.1, 0.15) is 11.9 Å². The lowest BCUT2D eigenvalue weighted by Gasteiger charge is -2.18. The third-order valence-electron chi connectivity index (χ3n) is 3.12. The van der Waals surface area contributed by atoms with Crippen molar-refractivity contribution in [1.29, 1.82) is 5.26 Å². The molecule has 0 heterocycles. The monoisotopic (exact) mass is 235 g/mol. The fraction of sp³-hybridized carbons (Fsp3) is 0.462. The van der Waals surface area contributed by atoms with E-state index >= 15 is 0 Å². The molecule has 0 aromatic heterocycles. The molecule has 0 N–H and O–H groups in total. The maximum absolute atomic E-state index is 8.73. The Hall–Kier alpha value is -1.20. The quantitative estimate of drug-likeness (QED) is 0.782. The van der Waals surface area contributed by atoms with Crippen molar-refractivity contribution in [2.24, 2.45) is 5.92 Å². The molecule has 0 bridgehead atoms. The lowest BCUT2D eigenvalue weighted by atomic mass is 10.1. The zero-order chi connectivity index (χ0) is 11.5. The molecule has 2 atom stereocenters. The minimum absolute atomic E-state index is 0.269. The van der Waals surface area contributed by atoms with E-state index in [1.807, 2.05) is 0 Å². The van der Waals surface area contributed by atoms with Crippen LogP contribution in [0.2, 0.25) is 5.02 Å². The van der Waals surface area contributed by atoms with Gasteiger partial charge in [0, 0.05) is 0 Å². The summed E-state index contributed by atoms with van der Waals surface area (Å²) in [5.74, 6) is 1.28. The van der Waals surface area contributed by atoms with Gasteiger partial charge in [-0.05, 0) is 43.4 Å². The minimum atomic E-state index is 0.269. The molecule has 0 aliphatic heterocycles. The van der Waals surface area contributed by atoms with Gasteiger partial charge in [0.05, 0.1) is 16.7 Å². The summed E-state index contributed by atoms with van der Waals surface area (Å²) < 4.78 is 5.88. The standard InChI is InChI=1S/C13H14ClNO/c1-9-3-2-4-12(9)16-13-6-5-10(8-15)7-11(13)14/h5-7,9,12H,2-4H2,1H3. The minimum Gasteiger partial charge on any atom is -0.489 e. The van der Waals surface area contributed by atoms with Crippen LogP contribution in [-0.2, 0) is 0 Å². The zero-order valence-electron chi connectivity index (χ0n) is 9.24. The van der Waals surface area contributed by atoms with E-state index in [9.17, 15) is 0 Å². The fourth-order valence-electron chi connectivity index (χ4n) is 2.12. The lowest BCUT2D eigenvalue weighted by Crippen LogP contribution is -2.19. The van der Waals surface area contributed by atoms with Crippen molar-refractivity contribution in [3.05, 3.63) is 28.8 Å². The zero-order valence-corrected chi connectivity index (χ0v) is 10.00. The van der Waals surface area contributed by atoms with Crippen LogP contribution in [0.15, 0.2) is 18.2 Å². The number of hydrogen-bond donors (Lipinski definition) is 0. The highest BCUT2D eigenvalue weighted by molar-refractivity contribution is 6.32. The Bertz CT molecular complexity index is 424. The highest BCUT2D eigenvalue weighted by atomic mass is 35.5. The van der Waals surface area contributed by atoms with Gasteiger partial charge in [-0.2, -0.15) is 5.26 Å². The average molecular weight is 236 g/mol. The van der Waals surface area contributed by atoms with Crippen molar-refractivity contribution >= 4 is 11.6 Å². The molecule has 84 valence electrons. The number of benzene rings is 1. The van der Waals surface area contributed by atoms with E-state index in [4.69, 9.17) is 21.6 Å². The Morgan fingerprint density at radius 2 is 2.25 bits per heavy atom. The summed E-state index contributed by atoms with van der Waals surface area (Å²) in [7, 11) is 0. The number of rotatable bonds is 2. The van der Waals surface area contributed by atoms with E-state index in [1.54, 1.807) is 18.2 Å². The Labute approximate surface area is 101 Å². The van der Waals surface area contributed by atoms with Gasteiger partial charge < -0.3 is 4.74 Å². The predicted octanol–water partition coefficient (Wildman–Crippen LogP) is 3.78. The first-order chi connectivity index (χ1) is 7.70. The maximum Gasteiger partial charge on any atom is 0.138 e. The normalized spacial score (nSPS) is 24.1. The first kappa shape index (κ1) is 11.3. The molecule has 1 aromatic carbocycles. The average Bonchev–Trinajstić information content (AvgIpc) is 2.67. The first-order valence-corrected chi connectivity index (χ1v) is 5.95. The van der Waals surface area contributed by atoms with Crippen LogP contribution in [0.25, 0.3) is 0 Å². The predicted molar refractivity (Wildman–Crippen MR) is 63.6 cm³/mol. The van der Waals surface area contributed by atoms with Crippen molar-refractivity contribution in [3.63, 3.8) is 0 Å². The third kappa shape index (κ3) is 2.31. The molecule has 1 aromatic rings. The SMILES string of the molecule is CC1CCCC1Oc1ccc(C#N)cc1Cl. The van der Waals surface area contributed by atoms with E-state index in [0.29, 0.717) is 22.3 Å². The maximum atomic E-state index is 8.73. The topological polar surface area (TPSA) is 33.0 Å². The second-order valence-corrected chi connectivity index (χ2v) is 4.73. The molecular weight excluding hydrogens is 222 g/mol. The van der Waals surface area contributed by atoms with Gasteiger partial charge in [-0.3, -0.25) is 0 Å². The fourth-order valence-corrected chi connectivity index (χ4v) is 2.34. The van der Waals surface area contributed by atoms with Crippen molar-refractivity contribution < 1.29 is 4.74 Å². The molecule has 1 aliphatic rings. The second-order valence-electron chi connectivity index (χ2n) is 4.32. The molecular formula is C13H14ClNO. The summed E-state index contributed by atoms with van der Waals surface area (Å²) in [4.78, 5) is 0. The van der Waals surface area contributed by atoms with Gasteiger partial charge in [0.15, 0.2) is 0 Å². The van der Waals surface area contributed by atoms with Crippen molar-refractivity contribution in [3.8, 4) is 11.8 Å². The van der Waals surface area contributed by atoms with Gasteiger partial charge >= 0.3 is 0 Å². The van der Waals surface area contributed by atoms with Gasteiger partial charge in [0.25, 0.3) is 0 Å². The molecule has 1 aliphatic carbocycles. The molecule has 0 radical (unpaired) electrons. The van der Waals surface area contributed by atoms with E-state index < -0.39 is 0 Å². The molecule has 16 heavy (non-hydrogen) atoms. The Kier molecular flexibility index (Phi) is 3.36. The number of ether oxygens (including phenoxy) is 1. The van der Waals surface area contributed by atoms with Crippen LogP contribution in [0.1, 0.15) is 31.7 Å². The Balaban J connectivity index is 2.13. The highest BCUT2D eigenvalue weighted by Crippen LogP contribution is 2.32. The molecule has 2 unspecified atom stereocenters. The van der Waals surface area contributed by atoms with Crippen LogP contribution < -0.4 is 4.74 Å². The van der Waals surface area contributed by atoms with Gasteiger partial charge in [0.2, 0.25) is 0 Å². The lowest BCUT2D eigenvalue weighted by molar-refractivity contribution is 0.168. The van der Waals surface area contributed by atoms with E-state index in [1.165, 1.54) is 12.8 Å². The Morgan fingerprint density at radius 1 is 1.44 bits per heavy atom. The molecule has 0 spiro atoms. The van der Waals surface area contributed by atoms with E-state index in [2.05, 4.69) is 13.0 Å². The highest BCUT2D eigenvalue weighted by Gasteiger charge is 2.25. The van der Waals surface area contributed by atoms with E-state index in [-0.39, 0.29) is 6.10 Å². The largest absolute Gasteiger partial charge is 0.489 e. The number of hydrogen-bond acceptors (Lipinski definition) is 2. The van der Waals surface area contributed by atoms with Crippen LogP contribution in [0.4, 0.5) is 0 Å². The molecule has 0 saturated heterocycles. The third-order valence-corrected chi connectivity index (χ3v) is 3.42. The second kappa shape index (κ2) is 4.76. The van der Waals surface area contributed by atoms with Crippen LogP contribution in [-0.4, -0.2) is 6.10 Å². The van der Waals surface area contributed by atoms with Gasteiger partial charge in [-0.1, -0.05) is 18.5 Å². The number of nitrogens with zero attached hydrogens (tertiary/aromatic N) is 1. The summed E-state index contributed by atoms with van der Waals surface area (Å²) >= 11 is 6.06. The van der Waals surface area contributed by atoms with Crippen LogP contribution in [0, 0.1) is 17.2 Å². The summed E-state index contributed by atoms with van der Waals surface area (Å²) in [5, 5.41) is 9.26.